The summed E-state index contributed by atoms with van der Waals surface area (Å²) in [6, 6.07) is 0. The Morgan fingerprint density at radius 1 is 1.17 bits per heavy atom. The topological polar surface area (TPSA) is 54.5 Å². The maximum absolute atomic E-state index is 12.1. The molecule has 0 spiro atoms. The number of nitrogens with zero attached hydrogens (tertiary/aromatic N) is 1. The van der Waals surface area contributed by atoms with E-state index in [0.29, 0.717) is 19.3 Å². The van der Waals surface area contributed by atoms with Crippen molar-refractivity contribution >= 4 is 15.6 Å². The molecule has 2 aliphatic heterocycles. The number of Topliss-reactive ketones (excluding diaryl/α,β-unsaturated/α-hetero) is 1. The van der Waals surface area contributed by atoms with Crippen LogP contribution >= 0.6 is 0 Å². The maximum atomic E-state index is 12.1. The van der Waals surface area contributed by atoms with Crippen LogP contribution in [0.4, 0.5) is 0 Å². The van der Waals surface area contributed by atoms with Gasteiger partial charge in [0.15, 0.2) is 9.84 Å². The minimum absolute atomic E-state index is 0.0104. The van der Waals surface area contributed by atoms with E-state index in [-0.39, 0.29) is 22.2 Å². The Hall–Kier alpha value is -0.420. The number of hydrogen-bond acceptors (Lipinski definition) is 4. The summed E-state index contributed by atoms with van der Waals surface area (Å²) in [5.41, 5.74) is 0. The van der Waals surface area contributed by atoms with E-state index in [2.05, 4.69) is 0 Å². The molecule has 0 radical (unpaired) electrons. The van der Waals surface area contributed by atoms with E-state index in [0.717, 1.165) is 25.8 Å². The zero-order valence-electron chi connectivity index (χ0n) is 11.3. The quantitative estimate of drug-likeness (QED) is 0.773. The summed E-state index contributed by atoms with van der Waals surface area (Å²) >= 11 is 0. The summed E-state index contributed by atoms with van der Waals surface area (Å²) in [4.78, 5) is 14.1. The zero-order valence-corrected chi connectivity index (χ0v) is 12.1. The van der Waals surface area contributed by atoms with E-state index in [1.54, 1.807) is 0 Å². The first kappa shape index (κ1) is 14.0. The van der Waals surface area contributed by atoms with Crippen molar-refractivity contribution in [3.05, 3.63) is 0 Å². The third-order valence-corrected chi connectivity index (χ3v) is 7.05. The lowest BCUT2D eigenvalue weighted by Gasteiger charge is -2.38. The van der Waals surface area contributed by atoms with Crippen LogP contribution in [-0.2, 0) is 14.6 Å². The Morgan fingerprint density at radius 2 is 1.72 bits per heavy atom. The van der Waals surface area contributed by atoms with Crippen LogP contribution in [0.3, 0.4) is 0 Å². The molecule has 2 bridgehead atoms. The summed E-state index contributed by atoms with van der Waals surface area (Å²) in [5, 5.41) is -0.475. The van der Waals surface area contributed by atoms with Crippen molar-refractivity contribution in [3.63, 3.8) is 0 Å². The van der Waals surface area contributed by atoms with Gasteiger partial charge in [-0.15, -0.1) is 0 Å². The molecular weight excluding hydrogens is 250 g/mol. The average molecular weight is 273 g/mol. The van der Waals surface area contributed by atoms with Crippen LogP contribution in [0.2, 0.25) is 0 Å². The third kappa shape index (κ3) is 2.77. The molecule has 2 unspecified atom stereocenters. The van der Waals surface area contributed by atoms with Gasteiger partial charge in [0.1, 0.15) is 5.78 Å². The van der Waals surface area contributed by atoms with Gasteiger partial charge in [-0.2, -0.15) is 0 Å². The SMILES string of the molecule is CN(C)CCC(=O)C1CC2CCCC(C1)S2(=O)=O. The van der Waals surface area contributed by atoms with Crippen LogP contribution in [0.5, 0.6) is 0 Å². The highest BCUT2D eigenvalue weighted by Crippen LogP contribution is 2.39. The highest BCUT2D eigenvalue weighted by atomic mass is 32.2. The van der Waals surface area contributed by atoms with E-state index in [1.165, 1.54) is 0 Å². The number of carbonyl (C=O) groups excluding carboxylic acids is 1. The molecule has 0 aromatic heterocycles. The van der Waals surface area contributed by atoms with Gasteiger partial charge in [0, 0.05) is 18.9 Å². The van der Waals surface area contributed by atoms with Gasteiger partial charge in [0.25, 0.3) is 0 Å². The molecule has 2 heterocycles. The third-order valence-electron chi connectivity index (χ3n) is 4.34. The van der Waals surface area contributed by atoms with Crippen molar-refractivity contribution in [2.24, 2.45) is 5.92 Å². The number of carbonyl (C=O) groups is 1. The predicted molar refractivity (Wildman–Crippen MR) is 71.2 cm³/mol. The van der Waals surface area contributed by atoms with Crippen molar-refractivity contribution in [2.45, 2.75) is 49.0 Å². The van der Waals surface area contributed by atoms with Crippen molar-refractivity contribution in [1.82, 2.24) is 4.90 Å². The number of hydrogen-bond donors (Lipinski definition) is 0. The van der Waals surface area contributed by atoms with Gasteiger partial charge in [-0.05, 0) is 39.8 Å². The van der Waals surface area contributed by atoms with Crippen molar-refractivity contribution < 1.29 is 13.2 Å². The van der Waals surface area contributed by atoms with Gasteiger partial charge in [-0.3, -0.25) is 4.79 Å². The molecule has 0 N–H and O–H groups in total. The molecule has 2 atom stereocenters. The predicted octanol–water partition coefficient (Wildman–Crippen LogP) is 1.25. The summed E-state index contributed by atoms with van der Waals surface area (Å²) < 4.78 is 24.2. The van der Waals surface area contributed by atoms with Crippen LogP contribution in [0.25, 0.3) is 0 Å². The summed E-state index contributed by atoms with van der Waals surface area (Å²) in [6.45, 7) is 0.761. The highest BCUT2D eigenvalue weighted by Gasteiger charge is 2.45. The lowest BCUT2D eigenvalue weighted by Crippen LogP contribution is -2.45. The summed E-state index contributed by atoms with van der Waals surface area (Å²) in [5.74, 6) is 0.249. The molecule has 0 aliphatic carbocycles. The molecule has 18 heavy (non-hydrogen) atoms. The first-order chi connectivity index (χ1) is 8.41. The molecule has 104 valence electrons. The fourth-order valence-corrected chi connectivity index (χ4v) is 5.75. The van der Waals surface area contributed by atoms with Gasteiger partial charge in [-0.25, -0.2) is 8.42 Å². The summed E-state index contributed by atoms with van der Waals surface area (Å²) in [6.07, 6.45) is 4.23. The molecule has 2 aliphatic rings. The maximum Gasteiger partial charge on any atom is 0.156 e. The molecule has 0 saturated carbocycles. The molecule has 5 heteroatoms. The Morgan fingerprint density at radius 3 is 2.22 bits per heavy atom. The van der Waals surface area contributed by atoms with Crippen LogP contribution in [0.1, 0.15) is 38.5 Å². The molecule has 2 fully saturated rings. The number of rotatable bonds is 4. The molecular formula is C13H23NO3S. The van der Waals surface area contributed by atoms with Crippen molar-refractivity contribution in [2.75, 3.05) is 20.6 Å². The van der Waals surface area contributed by atoms with E-state index in [9.17, 15) is 13.2 Å². The van der Waals surface area contributed by atoms with Crippen molar-refractivity contribution in [3.8, 4) is 0 Å². The Balaban J connectivity index is 2.00. The lowest BCUT2D eigenvalue weighted by atomic mass is 9.85. The van der Waals surface area contributed by atoms with Gasteiger partial charge >= 0.3 is 0 Å². The zero-order chi connectivity index (χ0) is 13.3. The van der Waals surface area contributed by atoms with E-state index in [1.807, 2.05) is 19.0 Å². The van der Waals surface area contributed by atoms with Crippen molar-refractivity contribution in [1.29, 1.82) is 0 Å². The Labute approximate surface area is 110 Å². The van der Waals surface area contributed by atoms with Crippen LogP contribution in [0.15, 0.2) is 0 Å². The largest absolute Gasteiger partial charge is 0.309 e. The molecule has 2 rings (SSSR count). The second-order valence-electron chi connectivity index (χ2n) is 5.95. The first-order valence-electron chi connectivity index (χ1n) is 6.81. The monoisotopic (exact) mass is 273 g/mol. The fraction of sp³-hybridized carbons (Fsp3) is 0.923. The van der Waals surface area contributed by atoms with Gasteiger partial charge in [0.05, 0.1) is 10.5 Å². The fourth-order valence-electron chi connectivity index (χ4n) is 3.21. The lowest BCUT2D eigenvalue weighted by molar-refractivity contribution is -0.123. The standard InChI is InChI=1S/C13H23NO3S/c1-14(2)7-6-13(15)10-8-11-4-3-5-12(9-10)18(11,16)17/h10-12H,3-9H2,1-2H3. The molecule has 0 aromatic carbocycles. The highest BCUT2D eigenvalue weighted by molar-refractivity contribution is 7.92. The second-order valence-corrected chi connectivity index (χ2v) is 8.46. The van der Waals surface area contributed by atoms with Gasteiger partial charge in [-0.1, -0.05) is 6.42 Å². The average Bonchev–Trinajstić information content (AvgIpc) is 2.24. The molecule has 2 saturated heterocycles. The van der Waals surface area contributed by atoms with E-state index < -0.39 is 9.84 Å². The first-order valence-corrected chi connectivity index (χ1v) is 8.42. The smallest absolute Gasteiger partial charge is 0.156 e. The minimum Gasteiger partial charge on any atom is -0.309 e. The van der Waals surface area contributed by atoms with Crippen LogP contribution < -0.4 is 0 Å². The number of ketones is 1. The van der Waals surface area contributed by atoms with Crippen LogP contribution in [-0.4, -0.2) is 50.2 Å². The molecule has 0 amide bonds. The number of fused-ring (bicyclic) bond motifs is 2. The van der Waals surface area contributed by atoms with E-state index >= 15 is 0 Å². The second kappa shape index (κ2) is 5.29. The molecule has 0 aromatic rings. The van der Waals surface area contributed by atoms with E-state index in [4.69, 9.17) is 0 Å². The van der Waals surface area contributed by atoms with Gasteiger partial charge in [0.2, 0.25) is 0 Å². The van der Waals surface area contributed by atoms with Gasteiger partial charge < -0.3 is 4.90 Å². The Kier molecular flexibility index (Phi) is 4.11. The normalized spacial score (nSPS) is 34.5. The minimum atomic E-state index is -2.93. The summed E-state index contributed by atoms with van der Waals surface area (Å²) in [7, 11) is 0.978. The number of sulfone groups is 1. The van der Waals surface area contributed by atoms with Crippen LogP contribution in [0, 0.1) is 5.92 Å². The Bertz CT molecular complexity index is 396. The molecule has 4 nitrogen and oxygen atoms in total.